The lowest BCUT2D eigenvalue weighted by molar-refractivity contribution is -0.141. The maximum atomic E-state index is 12.5. The zero-order valence-corrected chi connectivity index (χ0v) is 13.7. The molecule has 1 fully saturated rings. The minimum Gasteiger partial charge on any atom is -0.480 e. The zero-order valence-electron chi connectivity index (χ0n) is 12.9. The molecule has 0 bridgehead atoms. The topological polar surface area (TPSA) is 69.6 Å². The van der Waals surface area contributed by atoms with Crippen LogP contribution in [0.2, 0.25) is 5.02 Å². The molecule has 0 aromatic heterocycles. The van der Waals surface area contributed by atoms with Gasteiger partial charge < -0.3 is 15.3 Å². The Bertz CT molecular complexity index is 764. The fourth-order valence-electron chi connectivity index (χ4n) is 2.94. The van der Waals surface area contributed by atoms with Crippen LogP contribution in [0.4, 0.5) is 10.5 Å². The number of benzene rings is 2. The lowest BCUT2D eigenvalue weighted by atomic mass is 10.0. The van der Waals surface area contributed by atoms with E-state index in [1.807, 2.05) is 30.3 Å². The molecule has 1 aliphatic heterocycles. The lowest BCUT2D eigenvalue weighted by Gasteiger charge is -2.22. The van der Waals surface area contributed by atoms with E-state index in [0.717, 1.165) is 11.1 Å². The maximum Gasteiger partial charge on any atom is 0.326 e. The third-order valence-corrected chi connectivity index (χ3v) is 4.34. The molecule has 0 aliphatic carbocycles. The number of carboxylic acids is 1. The second-order valence-electron chi connectivity index (χ2n) is 5.68. The van der Waals surface area contributed by atoms with Crippen LogP contribution in [0.3, 0.4) is 0 Å². The van der Waals surface area contributed by atoms with Crippen LogP contribution in [0, 0.1) is 0 Å². The number of carboxylic acid groups (broad SMARTS) is 1. The van der Waals surface area contributed by atoms with Crippen LogP contribution in [0.5, 0.6) is 0 Å². The van der Waals surface area contributed by atoms with Crippen molar-refractivity contribution in [1.29, 1.82) is 0 Å². The minimum absolute atomic E-state index is 0.403. The number of carbonyl (C=O) groups excluding carboxylic acids is 1. The number of hydrogen-bond donors (Lipinski definition) is 2. The Morgan fingerprint density at radius 2 is 1.92 bits per heavy atom. The highest BCUT2D eigenvalue weighted by Gasteiger charge is 2.34. The van der Waals surface area contributed by atoms with Gasteiger partial charge in [0.15, 0.2) is 0 Å². The van der Waals surface area contributed by atoms with Crippen LogP contribution in [0.15, 0.2) is 48.5 Å². The standard InChI is InChI=1S/C18H17ClN2O3/c19-13-8-9-15(14(11-13)12-5-2-1-3-6-12)20-18(24)21-10-4-7-16(21)17(22)23/h1-3,5-6,8-9,11,16H,4,7,10H2,(H,20,24)(H,22,23). The Morgan fingerprint density at radius 3 is 2.62 bits per heavy atom. The predicted molar refractivity (Wildman–Crippen MR) is 93.3 cm³/mol. The Labute approximate surface area is 144 Å². The molecule has 0 saturated carbocycles. The average Bonchev–Trinajstić information content (AvgIpc) is 3.07. The summed E-state index contributed by atoms with van der Waals surface area (Å²) in [4.78, 5) is 25.1. The third-order valence-electron chi connectivity index (χ3n) is 4.11. The Morgan fingerprint density at radius 1 is 1.17 bits per heavy atom. The molecule has 124 valence electrons. The lowest BCUT2D eigenvalue weighted by Crippen LogP contribution is -2.42. The van der Waals surface area contributed by atoms with E-state index < -0.39 is 18.0 Å². The number of likely N-dealkylation sites (tertiary alicyclic amines) is 1. The highest BCUT2D eigenvalue weighted by molar-refractivity contribution is 6.31. The molecule has 1 unspecified atom stereocenters. The fourth-order valence-corrected chi connectivity index (χ4v) is 3.11. The van der Waals surface area contributed by atoms with Gasteiger partial charge >= 0.3 is 12.0 Å². The van der Waals surface area contributed by atoms with Crippen LogP contribution in [-0.2, 0) is 4.79 Å². The first-order valence-corrected chi connectivity index (χ1v) is 8.09. The van der Waals surface area contributed by atoms with Crippen molar-refractivity contribution in [3.63, 3.8) is 0 Å². The molecule has 2 aromatic rings. The molecule has 1 atom stereocenters. The zero-order chi connectivity index (χ0) is 17.1. The molecule has 1 aliphatic rings. The first-order valence-electron chi connectivity index (χ1n) is 7.71. The van der Waals surface area contributed by atoms with Crippen molar-refractivity contribution in [3.8, 4) is 11.1 Å². The van der Waals surface area contributed by atoms with E-state index in [1.54, 1.807) is 18.2 Å². The van der Waals surface area contributed by atoms with Crippen molar-refractivity contribution < 1.29 is 14.7 Å². The number of nitrogens with one attached hydrogen (secondary N) is 1. The van der Waals surface area contributed by atoms with Crippen molar-refractivity contribution >= 4 is 29.3 Å². The number of rotatable bonds is 3. The van der Waals surface area contributed by atoms with Gasteiger partial charge in [-0.2, -0.15) is 0 Å². The first-order chi connectivity index (χ1) is 11.6. The quantitative estimate of drug-likeness (QED) is 0.881. The summed E-state index contributed by atoms with van der Waals surface area (Å²) in [6.45, 7) is 0.442. The molecule has 6 heteroatoms. The summed E-state index contributed by atoms with van der Waals surface area (Å²) >= 11 is 6.09. The van der Waals surface area contributed by atoms with E-state index in [9.17, 15) is 14.7 Å². The first kappa shape index (κ1) is 16.3. The number of halogens is 1. The number of anilines is 1. The molecular formula is C18H17ClN2O3. The molecule has 24 heavy (non-hydrogen) atoms. The molecule has 0 spiro atoms. The van der Waals surface area contributed by atoms with Crippen LogP contribution < -0.4 is 5.32 Å². The summed E-state index contributed by atoms with van der Waals surface area (Å²) in [6, 6.07) is 13.6. The van der Waals surface area contributed by atoms with Crippen LogP contribution in [0.1, 0.15) is 12.8 Å². The van der Waals surface area contributed by atoms with Gasteiger partial charge in [0.1, 0.15) is 6.04 Å². The van der Waals surface area contributed by atoms with Gasteiger partial charge in [-0.05, 0) is 36.6 Å². The van der Waals surface area contributed by atoms with E-state index >= 15 is 0 Å². The van der Waals surface area contributed by atoms with Gasteiger partial charge in [0.05, 0.1) is 5.69 Å². The maximum absolute atomic E-state index is 12.5. The smallest absolute Gasteiger partial charge is 0.326 e. The summed E-state index contributed by atoms with van der Waals surface area (Å²) in [5, 5.41) is 12.6. The van der Waals surface area contributed by atoms with Gasteiger partial charge in [-0.25, -0.2) is 9.59 Å². The number of urea groups is 1. The van der Waals surface area contributed by atoms with Gasteiger partial charge in [-0.15, -0.1) is 0 Å². The summed E-state index contributed by atoms with van der Waals surface area (Å²) in [5.41, 5.74) is 2.32. The van der Waals surface area contributed by atoms with E-state index in [0.29, 0.717) is 30.1 Å². The predicted octanol–water partition coefficient (Wildman–Crippen LogP) is 4.09. The summed E-state index contributed by atoms with van der Waals surface area (Å²) in [5.74, 6) is -0.970. The molecule has 0 radical (unpaired) electrons. The van der Waals surface area contributed by atoms with E-state index in [2.05, 4.69) is 5.32 Å². The van der Waals surface area contributed by atoms with Crippen molar-refractivity contribution in [1.82, 2.24) is 4.90 Å². The van der Waals surface area contributed by atoms with Crippen LogP contribution in [-0.4, -0.2) is 34.6 Å². The largest absolute Gasteiger partial charge is 0.480 e. The van der Waals surface area contributed by atoms with E-state index in [4.69, 9.17) is 11.6 Å². The highest BCUT2D eigenvalue weighted by atomic mass is 35.5. The average molecular weight is 345 g/mol. The number of nitrogens with zero attached hydrogens (tertiary/aromatic N) is 1. The number of aliphatic carboxylic acids is 1. The van der Waals surface area contributed by atoms with E-state index in [1.165, 1.54) is 4.90 Å². The number of hydrogen-bond acceptors (Lipinski definition) is 2. The van der Waals surface area contributed by atoms with Crippen molar-refractivity contribution in [2.45, 2.75) is 18.9 Å². The Balaban J connectivity index is 1.88. The molecule has 2 aromatic carbocycles. The van der Waals surface area contributed by atoms with Crippen LogP contribution in [0.25, 0.3) is 11.1 Å². The second kappa shape index (κ2) is 6.93. The number of carbonyl (C=O) groups is 2. The molecule has 2 amide bonds. The van der Waals surface area contributed by atoms with Gasteiger partial charge in [-0.3, -0.25) is 0 Å². The van der Waals surface area contributed by atoms with Gasteiger partial charge in [-0.1, -0.05) is 41.9 Å². The van der Waals surface area contributed by atoms with Gasteiger partial charge in [0, 0.05) is 17.1 Å². The normalized spacial score (nSPS) is 16.9. The summed E-state index contributed by atoms with van der Waals surface area (Å²) in [6.07, 6.45) is 1.17. The minimum atomic E-state index is -0.970. The van der Waals surface area contributed by atoms with Crippen molar-refractivity contribution in [2.75, 3.05) is 11.9 Å². The molecular weight excluding hydrogens is 328 g/mol. The summed E-state index contributed by atoms with van der Waals surface area (Å²) < 4.78 is 0. The monoisotopic (exact) mass is 344 g/mol. The second-order valence-corrected chi connectivity index (χ2v) is 6.11. The fraction of sp³-hybridized carbons (Fsp3) is 0.222. The Kier molecular flexibility index (Phi) is 4.71. The number of amides is 2. The molecule has 5 nitrogen and oxygen atoms in total. The van der Waals surface area contributed by atoms with E-state index in [-0.39, 0.29) is 0 Å². The van der Waals surface area contributed by atoms with Gasteiger partial charge in [0.2, 0.25) is 0 Å². The van der Waals surface area contributed by atoms with Gasteiger partial charge in [0.25, 0.3) is 0 Å². The molecule has 1 heterocycles. The molecule has 2 N–H and O–H groups in total. The molecule has 1 saturated heterocycles. The Hall–Kier alpha value is -2.53. The van der Waals surface area contributed by atoms with Crippen molar-refractivity contribution in [3.05, 3.63) is 53.6 Å². The SMILES string of the molecule is O=C(O)C1CCCN1C(=O)Nc1ccc(Cl)cc1-c1ccccc1. The molecule has 3 rings (SSSR count). The highest BCUT2D eigenvalue weighted by Crippen LogP contribution is 2.31. The van der Waals surface area contributed by atoms with Crippen molar-refractivity contribution in [2.24, 2.45) is 0 Å². The third kappa shape index (κ3) is 3.36. The summed E-state index contributed by atoms with van der Waals surface area (Å²) in [7, 11) is 0. The van der Waals surface area contributed by atoms with Crippen LogP contribution >= 0.6 is 11.6 Å².